The third-order valence-electron chi connectivity index (χ3n) is 1.91. The summed E-state index contributed by atoms with van der Waals surface area (Å²) in [5.74, 6) is -0.524. The number of alkyl halides is 1. The molecule has 0 aromatic carbocycles. The Morgan fingerprint density at radius 3 is 2.75 bits per heavy atom. The molecule has 1 rings (SSSR count). The van der Waals surface area contributed by atoms with E-state index < -0.39 is 6.17 Å². The Morgan fingerprint density at radius 1 is 1.67 bits per heavy atom. The number of carbonyl (C=O) groups excluding carboxylic acids is 1. The number of hydrogen-bond donors (Lipinski definition) is 1. The van der Waals surface area contributed by atoms with Crippen molar-refractivity contribution in [3.05, 3.63) is 0 Å². The molecule has 72 valence electrons. The van der Waals surface area contributed by atoms with Crippen LogP contribution in [0, 0.1) is 5.92 Å². The van der Waals surface area contributed by atoms with E-state index >= 15 is 0 Å². The van der Waals surface area contributed by atoms with Gasteiger partial charge in [0.1, 0.15) is 6.17 Å². The molecule has 0 bridgehead atoms. The fourth-order valence-electron chi connectivity index (χ4n) is 1.20. The molecular formula is C7H13ClFNO2. The molecule has 0 aliphatic carbocycles. The van der Waals surface area contributed by atoms with Gasteiger partial charge in [0.25, 0.3) is 0 Å². The number of nitrogens with one attached hydrogen (secondary N) is 1. The molecule has 0 spiro atoms. The molecular weight excluding hydrogens is 185 g/mol. The largest absolute Gasteiger partial charge is 0.469 e. The van der Waals surface area contributed by atoms with Crippen molar-refractivity contribution in [1.82, 2.24) is 5.32 Å². The average Bonchev–Trinajstić information content (AvgIpc) is 2.37. The Labute approximate surface area is 77.1 Å². The molecule has 3 nitrogen and oxygen atoms in total. The molecule has 2 atom stereocenters. The van der Waals surface area contributed by atoms with Crippen LogP contribution >= 0.6 is 12.4 Å². The van der Waals surface area contributed by atoms with E-state index in [1.54, 1.807) is 0 Å². The quantitative estimate of drug-likeness (QED) is 0.657. The van der Waals surface area contributed by atoms with Gasteiger partial charge >= 0.3 is 5.97 Å². The minimum atomic E-state index is -0.894. The molecule has 12 heavy (non-hydrogen) atoms. The van der Waals surface area contributed by atoms with Crippen LogP contribution in [-0.2, 0) is 9.53 Å². The summed E-state index contributed by atoms with van der Waals surface area (Å²) < 4.78 is 17.2. The van der Waals surface area contributed by atoms with Crippen LogP contribution < -0.4 is 5.32 Å². The van der Waals surface area contributed by atoms with Gasteiger partial charge in [-0.25, -0.2) is 4.39 Å². The van der Waals surface area contributed by atoms with Crippen LogP contribution in [0.15, 0.2) is 0 Å². The summed E-state index contributed by atoms with van der Waals surface area (Å²) in [6, 6.07) is 0. The number of halogens is 2. The van der Waals surface area contributed by atoms with Crippen LogP contribution in [0.2, 0.25) is 0 Å². The van der Waals surface area contributed by atoms with Gasteiger partial charge in [0, 0.05) is 19.0 Å². The highest BCUT2D eigenvalue weighted by atomic mass is 35.5. The molecule has 0 amide bonds. The van der Waals surface area contributed by atoms with Crippen molar-refractivity contribution in [2.24, 2.45) is 5.92 Å². The predicted octanol–water partition coefficient (Wildman–Crippen LogP) is 0.529. The lowest BCUT2D eigenvalue weighted by Crippen LogP contribution is -2.18. The standard InChI is InChI=1S/C7H12FNO2.ClH/c1-11-7(10)2-5-3-9-4-6(5)8;/h5-6,9H,2-4H2,1H3;1H. The van der Waals surface area contributed by atoms with Crippen LogP contribution in [0.4, 0.5) is 4.39 Å². The van der Waals surface area contributed by atoms with Crippen molar-refractivity contribution in [2.75, 3.05) is 20.2 Å². The molecule has 1 N–H and O–H groups in total. The second-order valence-corrected chi connectivity index (χ2v) is 2.71. The zero-order valence-corrected chi connectivity index (χ0v) is 7.70. The van der Waals surface area contributed by atoms with Gasteiger partial charge in [-0.2, -0.15) is 0 Å². The van der Waals surface area contributed by atoms with Gasteiger partial charge in [0.15, 0.2) is 0 Å². The van der Waals surface area contributed by atoms with E-state index in [4.69, 9.17) is 0 Å². The Kier molecular flexibility index (Phi) is 5.17. The van der Waals surface area contributed by atoms with Crippen LogP contribution in [0.5, 0.6) is 0 Å². The molecule has 1 saturated heterocycles. The maximum absolute atomic E-state index is 12.8. The van der Waals surface area contributed by atoms with Crippen molar-refractivity contribution in [3.8, 4) is 0 Å². The van der Waals surface area contributed by atoms with Gasteiger partial charge in [-0.1, -0.05) is 0 Å². The van der Waals surface area contributed by atoms with Gasteiger partial charge in [-0.15, -0.1) is 12.4 Å². The number of methoxy groups -OCH3 is 1. The fourth-order valence-corrected chi connectivity index (χ4v) is 1.20. The van der Waals surface area contributed by atoms with Gasteiger partial charge < -0.3 is 10.1 Å². The fraction of sp³-hybridized carbons (Fsp3) is 0.857. The van der Waals surface area contributed by atoms with E-state index in [1.807, 2.05) is 0 Å². The second kappa shape index (κ2) is 5.32. The number of rotatable bonds is 2. The lowest BCUT2D eigenvalue weighted by atomic mass is 10.0. The van der Waals surface area contributed by atoms with Crippen LogP contribution in [0.1, 0.15) is 6.42 Å². The molecule has 0 saturated carbocycles. The van der Waals surface area contributed by atoms with Crippen molar-refractivity contribution in [3.63, 3.8) is 0 Å². The molecule has 0 radical (unpaired) electrons. The normalized spacial score (nSPS) is 27.8. The smallest absolute Gasteiger partial charge is 0.305 e. The van der Waals surface area contributed by atoms with Crippen LogP contribution in [-0.4, -0.2) is 32.3 Å². The number of carbonyl (C=O) groups is 1. The zero-order chi connectivity index (χ0) is 8.27. The van der Waals surface area contributed by atoms with E-state index in [9.17, 15) is 9.18 Å². The molecule has 5 heteroatoms. The molecule has 1 fully saturated rings. The Bertz CT molecular complexity index is 156. The third kappa shape index (κ3) is 2.95. The first-order chi connectivity index (χ1) is 5.24. The van der Waals surface area contributed by atoms with E-state index in [-0.39, 0.29) is 30.7 Å². The third-order valence-corrected chi connectivity index (χ3v) is 1.91. The lowest BCUT2D eigenvalue weighted by Gasteiger charge is -2.08. The maximum atomic E-state index is 12.8. The first-order valence-electron chi connectivity index (χ1n) is 3.65. The minimum absolute atomic E-state index is 0. The second-order valence-electron chi connectivity index (χ2n) is 2.71. The summed E-state index contributed by atoms with van der Waals surface area (Å²) in [5.41, 5.74) is 0. The SMILES string of the molecule is COC(=O)CC1CNCC1F.Cl. The van der Waals surface area contributed by atoms with Gasteiger partial charge in [-0.3, -0.25) is 4.79 Å². The van der Waals surface area contributed by atoms with E-state index in [0.717, 1.165) is 0 Å². The van der Waals surface area contributed by atoms with Crippen molar-refractivity contribution >= 4 is 18.4 Å². The highest BCUT2D eigenvalue weighted by Crippen LogP contribution is 2.16. The molecule has 0 aromatic rings. The van der Waals surface area contributed by atoms with Gasteiger partial charge in [0.2, 0.25) is 0 Å². The number of ether oxygens (including phenoxy) is 1. The van der Waals surface area contributed by atoms with Gasteiger partial charge in [-0.05, 0) is 0 Å². The average molecular weight is 198 g/mol. The summed E-state index contributed by atoms with van der Waals surface area (Å²) in [4.78, 5) is 10.7. The molecule has 1 aliphatic heterocycles. The van der Waals surface area contributed by atoms with Crippen molar-refractivity contribution < 1.29 is 13.9 Å². The molecule has 1 aliphatic rings. The summed E-state index contributed by atoms with van der Waals surface area (Å²) in [5, 5.41) is 2.87. The summed E-state index contributed by atoms with van der Waals surface area (Å²) in [7, 11) is 1.32. The number of hydrogen-bond acceptors (Lipinski definition) is 3. The summed E-state index contributed by atoms with van der Waals surface area (Å²) >= 11 is 0. The van der Waals surface area contributed by atoms with Crippen molar-refractivity contribution in [1.29, 1.82) is 0 Å². The first kappa shape index (κ1) is 11.6. The van der Waals surface area contributed by atoms with E-state index in [1.165, 1.54) is 7.11 Å². The molecule has 2 unspecified atom stereocenters. The first-order valence-corrected chi connectivity index (χ1v) is 3.65. The van der Waals surface area contributed by atoms with E-state index in [2.05, 4.69) is 10.1 Å². The maximum Gasteiger partial charge on any atom is 0.305 e. The summed E-state index contributed by atoms with van der Waals surface area (Å²) in [6.45, 7) is 0.942. The monoisotopic (exact) mass is 197 g/mol. The zero-order valence-electron chi connectivity index (χ0n) is 6.88. The van der Waals surface area contributed by atoms with Crippen LogP contribution in [0.25, 0.3) is 0 Å². The Balaban J connectivity index is 0.00000121. The van der Waals surface area contributed by atoms with Gasteiger partial charge in [0.05, 0.1) is 13.5 Å². The highest BCUT2D eigenvalue weighted by molar-refractivity contribution is 5.85. The van der Waals surface area contributed by atoms with E-state index in [0.29, 0.717) is 13.1 Å². The van der Waals surface area contributed by atoms with Crippen molar-refractivity contribution in [2.45, 2.75) is 12.6 Å². The topological polar surface area (TPSA) is 38.3 Å². The highest BCUT2D eigenvalue weighted by Gasteiger charge is 2.28. The minimum Gasteiger partial charge on any atom is -0.469 e. The lowest BCUT2D eigenvalue weighted by molar-refractivity contribution is -0.142. The molecule has 0 aromatic heterocycles. The van der Waals surface area contributed by atoms with Crippen LogP contribution in [0.3, 0.4) is 0 Å². The molecule has 1 heterocycles. The Hall–Kier alpha value is -0.350. The number of esters is 1. The summed E-state index contributed by atoms with van der Waals surface area (Å²) in [6.07, 6.45) is -0.709. The Morgan fingerprint density at radius 2 is 2.33 bits per heavy atom. The predicted molar refractivity (Wildman–Crippen MR) is 45.1 cm³/mol.